The molecule has 0 radical (unpaired) electrons. The quantitative estimate of drug-likeness (QED) is 0.490. The van der Waals surface area contributed by atoms with Crippen molar-refractivity contribution in [1.29, 1.82) is 0 Å². The van der Waals surface area contributed by atoms with Crippen LogP contribution in [0.5, 0.6) is 0 Å². The van der Waals surface area contributed by atoms with Crippen LogP contribution in [0.1, 0.15) is 56.3 Å². The van der Waals surface area contributed by atoms with Gasteiger partial charge in [0.25, 0.3) is 11.5 Å². The summed E-state index contributed by atoms with van der Waals surface area (Å²) in [5.41, 5.74) is 5.05. The molecule has 0 bridgehead atoms. The van der Waals surface area contributed by atoms with E-state index in [1.54, 1.807) is 12.1 Å². The number of carbonyl (C=O) groups is 1. The minimum absolute atomic E-state index is 0.0212. The second-order valence-electron chi connectivity index (χ2n) is 6.50. The highest BCUT2D eigenvalue weighted by Gasteiger charge is 2.26. The molecule has 28 heavy (non-hydrogen) atoms. The minimum Gasteiger partial charge on any atom is -0.383 e. The maximum absolute atomic E-state index is 13.2. The van der Waals surface area contributed by atoms with E-state index in [4.69, 9.17) is 17.3 Å². The molecule has 2 aromatic heterocycles. The number of aromatic nitrogens is 3. The first-order chi connectivity index (χ1) is 13.4. The molecule has 2 rings (SSSR count). The van der Waals surface area contributed by atoms with E-state index in [1.807, 2.05) is 13.8 Å². The zero-order chi connectivity index (χ0) is 20.7. The molecule has 1 amide bonds. The molecule has 0 unspecified atom stereocenters. The van der Waals surface area contributed by atoms with E-state index >= 15 is 0 Å². The highest BCUT2D eigenvalue weighted by atomic mass is 35.5. The summed E-state index contributed by atoms with van der Waals surface area (Å²) in [6.45, 7) is 4.65. The predicted octanol–water partition coefficient (Wildman–Crippen LogP) is 2.80. The third-order valence-electron chi connectivity index (χ3n) is 4.44. The summed E-state index contributed by atoms with van der Waals surface area (Å²) < 4.78 is 1.30. The van der Waals surface area contributed by atoms with Crippen LogP contribution in [0.4, 0.5) is 11.5 Å². The van der Waals surface area contributed by atoms with Crippen LogP contribution in [0.3, 0.4) is 0 Å². The summed E-state index contributed by atoms with van der Waals surface area (Å²) in [6, 6.07) is 3.14. The number of aromatic amines is 1. The number of carbonyl (C=O) groups excluding carboxylic acids is 1. The number of nitrogens with one attached hydrogen (secondary N) is 1. The van der Waals surface area contributed by atoms with Gasteiger partial charge >= 0.3 is 5.69 Å². The van der Waals surface area contributed by atoms with Gasteiger partial charge in [-0.3, -0.25) is 19.1 Å². The molecule has 0 saturated carbocycles. The first kappa shape index (κ1) is 21.7. The molecular weight excluding hydrogens is 382 g/mol. The average Bonchev–Trinajstić information content (AvgIpc) is 2.66. The van der Waals surface area contributed by atoms with Gasteiger partial charge in [0.15, 0.2) is 5.69 Å². The van der Waals surface area contributed by atoms with Gasteiger partial charge in [0.1, 0.15) is 11.0 Å². The van der Waals surface area contributed by atoms with E-state index in [2.05, 4.69) is 9.97 Å². The zero-order valence-corrected chi connectivity index (χ0v) is 17.0. The van der Waals surface area contributed by atoms with Gasteiger partial charge in [-0.05, 0) is 25.0 Å². The molecule has 0 spiro atoms. The van der Waals surface area contributed by atoms with Gasteiger partial charge in [-0.2, -0.15) is 0 Å². The van der Waals surface area contributed by atoms with Gasteiger partial charge in [0.05, 0.1) is 5.56 Å². The number of nitrogens with zero attached hydrogens (tertiary/aromatic N) is 3. The minimum atomic E-state index is -0.694. The van der Waals surface area contributed by atoms with E-state index in [-0.39, 0.29) is 28.8 Å². The third kappa shape index (κ3) is 4.81. The molecule has 3 N–H and O–H groups in total. The van der Waals surface area contributed by atoms with Crippen molar-refractivity contribution in [2.45, 2.75) is 52.5 Å². The lowest BCUT2D eigenvalue weighted by Crippen LogP contribution is -2.41. The number of anilines is 2. The number of pyridine rings is 1. The Balaban J connectivity index is 2.57. The van der Waals surface area contributed by atoms with E-state index in [0.717, 1.165) is 19.3 Å². The number of nitrogens with two attached hydrogens (primary N) is 1. The standard InChI is InChI=1S/C19H26ClN5O3/c1-3-5-7-12-24(18(27)13-9-8-10-22-15(13)20)14-16(21)25(11-6-4-2)19(28)23-17(14)26/h8-10H,3-7,11-12,21H2,1-2H3,(H,23,26,28). The summed E-state index contributed by atoms with van der Waals surface area (Å²) in [6.07, 6.45) is 5.54. The number of hydrogen-bond acceptors (Lipinski definition) is 5. The van der Waals surface area contributed by atoms with Crippen LogP contribution in [0.2, 0.25) is 5.15 Å². The van der Waals surface area contributed by atoms with E-state index < -0.39 is 17.2 Å². The Morgan fingerprint density at radius 1 is 1.25 bits per heavy atom. The second kappa shape index (κ2) is 10.1. The van der Waals surface area contributed by atoms with Crippen molar-refractivity contribution in [3.8, 4) is 0 Å². The van der Waals surface area contributed by atoms with E-state index in [9.17, 15) is 14.4 Å². The first-order valence-electron chi connectivity index (χ1n) is 9.47. The van der Waals surface area contributed by atoms with Crippen LogP contribution in [0, 0.1) is 0 Å². The summed E-state index contributed by atoms with van der Waals surface area (Å²) in [5.74, 6) is -0.501. The van der Waals surface area contributed by atoms with Gasteiger partial charge in [0.2, 0.25) is 0 Å². The topological polar surface area (TPSA) is 114 Å². The van der Waals surface area contributed by atoms with Crippen LogP contribution in [0.25, 0.3) is 0 Å². The summed E-state index contributed by atoms with van der Waals surface area (Å²) in [5, 5.41) is 0.0438. The fraction of sp³-hybridized carbons (Fsp3) is 0.474. The highest BCUT2D eigenvalue weighted by molar-refractivity contribution is 6.33. The maximum atomic E-state index is 13.2. The molecule has 2 heterocycles. The summed E-state index contributed by atoms with van der Waals surface area (Å²) >= 11 is 6.09. The van der Waals surface area contributed by atoms with E-state index in [1.165, 1.54) is 15.7 Å². The van der Waals surface area contributed by atoms with Crippen molar-refractivity contribution in [2.24, 2.45) is 0 Å². The van der Waals surface area contributed by atoms with Crippen LogP contribution in [0.15, 0.2) is 27.9 Å². The molecule has 0 fully saturated rings. The normalized spacial score (nSPS) is 10.8. The van der Waals surface area contributed by atoms with Crippen LogP contribution in [-0.2, 0) is 6.54 Å². The Labute approximate surface area is 168 Å². The average molecular weight is 408 g/mol. The molecule has 9 heteroatoms. The largest absolute Gasteiger partial charge is 0.383 e. The molecule has 0 aliphatic heterocycles. The maximum Gasteiger partial charge on any atom is 0.330 e. The molecule has 0 aromatic carbocycles. The van der Waals surface area contributed by atoms with Crippen molar-refractivity contribution < 1.29 is 4.79 Å². The first-order valence-corrected chi connectivity index (χ1v) is 9.85. The summed E-state index contributed by atoms with van der Waals surface area (Å²) in [7, 11) is 0. The zero-order valence-electron chi connectivity index (χ0n) is 16.2. The number of nitrogen functional groups attached to an aromatic ring is 1. The van der Waals surface area contributed by atoms with Crippen molar-refractivity contribution in [3.63, 3.8) is 0 Å². The number of amides is 1. The second-order valence-corrected chi connectivity index (χ2v) is 6.86. The predicted molar refractivity (Wildman–Crippen MR) is 111 cm³/mol. The van der Waals surface area contributed by atoms with Crippen molar-refractivity contribution in [3.05, 3.63) is 49.9 Å². The van der Waals surface area contributed by atoms with Crippen LogP contribution >= 0.6 is 11.6 Å². The smallest absolute Gasteiger partial charge is 0.330 e. The van der Waals surface area contributed by atoms with Gasteiger partial charge in [-0.1, -0.05) is 44.7 Å². The Morgan fingerprint density at radius 2 is 1.96 bits per heavy atom. The highest BCUT2D eigenvalue weighted by Crippen LogP contribution is 2.23. The fourth-order valence-corrected chi connectivity index (χ4v) is 3.10. The SMILES string of the molecule is CCCCCN(C(=O)c1cccnc1Cl)c1c(N)n(CCCC)c(=O)[nH]c1=O. The lowest BCUT2D eigenvalue weighted by Gasteiger charge is -2.25. The third-order valence-corrected chi connectivity index (χ3v) is 4.74. The Hall–Kier alpha value is -2.61. The van der Waals surface area contributed by atoms with Crippen molar-refractivity contribution in [1.82, 2.24) is 14.5 Å². The molecule has 2 aromatic rings. The Bertz CT molecular complexity index is 938. The lowest BCUT2D eigenvalue weighted by molar-refractivity contribution is 0.0986. The molecule has 8 nitrogen and oxygen atoms in total. The van der Waals surface area contributed by atoms with Crippen LogP contribution < -0.4 is 21.9 Å². The molecule has 0 saturated heterocycles. The molecular formula is C19H26ClN5O3. The number of H-pyrrole nitrogens is 1. The molecule has 0 aliphatic carbocycles. The monoisotopic (exact) mass is 407 g/mol. The number of halogens is 1. The van der Waals surface area contributed by atoms with Gasteiger partial charge < -0.3 is 10.6 Å². The van der Waals surface area contributed by atoms with Gasteiger partial charge in [-0.15, -0.1) is 0 Å². The van der Waals surface area contributed by atoms with Crippen molar-refractivity contribution >= 4 is 29.0 Å². The fourth-order valence-electron chi connectivity index (χ4n) is 2.90. The Morgan fingerprint density at radius 3 is 2.61 bits per heavy atom. The number of unbranched alkanes of at least 4 members (excludes halogenated alkanes) is 3. The number of rotatable bonds is 9. The number of hydrogen-bond donors (Lipinski definition) is 2. The molecule has 152 valence electrons. The Kier molecular flexibility index (Phi) is 7.80. The molecule has 0 aliphatic rings. The molecule has 0 atom stereocenters. The van der Waals surface area contributed by atoms with Gasteiger partial charge in [-0.25, -0.2) is 9.78 Å². The summed E-state index contributed by atoms with van der Waals surface area (Å²) in [4.78, 5) is 45.5. The van der Waals surface area contributed by atoms with E-state index in [0.29, 0.717) is 19.4 Å². The van der Waals surface area contributed by atoms with Gasteiger partial charge in [0, 0.05) is 19.3 Å². The lowest BCUT2D eigenvalue weighted by atomic mass is 10.2. The van der Waals surface area contributed by atoms with Crippen LogP contribution in [-0.4, -0.2) is 27.0 Å². The van der Waals surface area contributed by atoms with Crippen molar-refractivity contribution in [2.75, 3.05) is 17.2 Å².